The number of aryl methyl sites for hydroxylation is 3. The minimum atomic E-state index is -1.02. The van der Waals surface area contributed by atoms with Crippen LogP contribution < -0.4 is 9.64 Å². The molecule has 3 rings (SSSR count). The number of ether oxygens (including phenoxy) is 1. The molecule has 150 valence electrons. The molecule has 1 amide bonds. The molecule has 0 unspecified atom stereocenters. The SMILES string of the molecule is COc1c(C)cnc(CN(C(=O)O)c2cc(C)cc(-c3ccc(C)cc3)c2)c1C. The van der Waals surface area contributed by atoms with Crippen LogP contribution in [0.1, 0.15) is 27.9 Å². The fraction of sp³-hybridized carbons (Fsp3) is 0.250. The average molecular weight is 390 g/mol. The average Bonchev–Trinajstić information content (AvgIpc) is 2.67. The number of carboxylic acid groups (broad SMARTS) is 1. The summed E-state index contributed by atoms with van der Waals surface area (Å²) in [7, 11) is 1.61. The number of methoxy groups -OCH3 is 1. The van der Waals surface area contributed by atoms with E-state index in [2.05, 4.69) is 35.3 Å². The first-order chi connectivity index (χ1) is 13.8. The zero-order valence-electron chi connectivity index (χ0n) is 17.5. The van der Waals surface area contributed by atoms with Crippen LogP contribution in [0.5, 0.6) is 5.75 Å². The highest BCUT2D eigenvalue weighted by Crippen LogP contribution is 2.30. The molecule has 0 aliphatic rings. The Hall–Kier alpha value is -3.34. The van der Waals surface area contributed by atoms with Gasteiger partial charge in [0.05, 0.1) is 19.3 Å². The van der Waals surface area contributed by atoms with E-state index in [9.17, 15) is 9.90 Å². The summed E-state index contributed by atoms with van der Waals surface area (Å²) in [5, 5.41) is 9.92. The van der Waals surface area contributed by atoms with Gasteiger partial charge in [0.2, 0.25) is 0 Å². The van der Waals surface area contributed by atoms with Crippen LogP contribution in [0.4, 0.5) is 10.5 Å². The molecule has 0 saturated heterocycles. The van der Waals surface area contributed by atoms with Crippen molar-refractivity contribution in [1.82, 2.24) is 4.98 Å². The predicted molar refractivity (Wildman–Crippen MR) is 116 cm³/mol. The van der Waals surface area contributed by atoms with Gasteiger partial charge in [-0.15, -0.1) is 0 Å². The smallest absolute Gasteiger partial charge is 0.412 e. The number of hydrogen-bond acceptors (Lipinski definition) is 3. The van der Waals surface area contributed by atoms with E-state index < -0.39 is 6.09 Å². The van der Waals surface area contributed by atoms with Crippen molar-refractivity contribution < 1.29 is 14.6 Å². The molecule has 2 aromatic carbocycles. The second kappa shape index (κ2) is 8.35. The van der Waals surface area contributed by atoms with Crippen LogP contribution in [-0.2, 0) is 6.54 Å². The van der Waals surface area contributed by atoms with Crippen molar-refractivity contribution in [2.75, 3.05) is 12.0 Å². The van der Waals surface area contributed by atoms with E-state index in [1.165, 1.54) is 10.5 Å². The Bertz CT molecular complexity index is 1040. The molecule has 0 spiro atoms. The number of amides is 1. The molecule has 0 radical (unpaired) electrons. The maximum atomic E-state index is 12.1. The Balaban J connectivity index is 2.02. The highest BCUT2D eigenvalue weighted by atomic mass is 16.5. The Kier molecular flexibility index (Phi) is 5.87. The van der Waals surface area contributed by atoms with E-state index in [0.29, 0.717) is 11.4 Å². The minimum absolute atomic E-state index is 0.147. The summed E-state index contributed by atoms with van der Waals surface area (Å²) in [4.78, 5) is 17.9. The fourth-order valence-corrected chi connectivity index (χ4v) is 3.48. The highest BCUT2D eigenvalue weighted by molar-refractivity contribution is 5.87. The highest BCUT2D eigenvalue weighted by Gasteiger charge is 2.20. The molecule has 29 heavy (non-hydrogen) atoms. The van der Waals surface area contributed by atoms with Crippen molar-refractivity contribution in [3.8, 4) is 16.9 Å². The number of hydrogen-bond donors (Lipinski definition) is 1. The van der Waals surface area contributed by atoms with Crippen molar-refractivity contribution in [2.24, 2.45) is 0 Å². The van der Waals surface area contributed by atoms with Gasteiger partial charge in [0.15, 0.2) is 0 Å². The number of aromatic nitrogens is 1. The van der Waals surface area contributed by atoms with E-state index in [-0.39, 0.29) is 6.54 Å². The van der Waals surface area contributed by atoms with Crippen LogP contribution in [-0.4, -0.2) is 23.3 Å². The lowest BCUT2D eigenvalue weighted by molar-refractivity contribution is 0.201. The fourth-order valence-electron chi connectivity index (χ4n) is 3.48. The Labute approximate surface area is 171 Å². The van der Waals surface area contributed by atoms with Gasteiger partial charge in [-0.05, 0) is 56.5 Å². The van der Waals surface area contributed by atoms with Crippen LogP contribution in [0.25, 0.3) is 11.1 Å². The zero-order valence-corrected chi connectivity index (χ0v) is 17.5. The number of rotatable bonds is 5. The second-order valence-corrected chi connectivity index (χ2v) is 7.34. The summed E-state index contributed by atoms with van der Waals surface area (Å²) in [6, 6.07) is 14.1. The lowest BCUT2D eigenvalue weighted by atomic mass is 10.0. The van der Waals surface area contributed by atoms with E-state index >= 15 is 0 Å². The third kappa shape index (κ3) is 4.40. The molecule has 0 atom stereocenters. The lowest BCUT2D eigenvalue weighted by Gasteiger charge is -2.22. The first-order valence-corrected chi connectivity index (χ1v) is 9.48. The molecular formula is C24H26N2O3. The third-order valence-corrected chi connectivity index (χ3v) is 5.05. The second-order valence-electron chi connectivity index (χ2n) is 7.34. The Morgan fingerprint density at radius 2 is 1.69 bits per heavy atom. The zero-order chi connectivity index (χ0) is 21.1. The summed E-state index contributed by atoms with van der Waals surface area (Å²) in [5.41, 5.74) is 7.29. The van der Waals surface area contributed by atoms with E-state index in [1.54, 1.807) is 13.3 Å². The van der Waals surface area contributed by atoms with Gasteiger partial charge < -0.3 is 9.84 Å². The van der Waals surface area contributed by atoms with Crippen molar-refractivity contribution in [1.29, 1.82) is 0 Å². The number of carbonyl (C=O) groups is 1. The largest absolute Gasteiger partial charge is 0.496 e. The maximum Gasteiger partial charge on any atom is 0.412 e. The normalized spacial score (nSPS) is 10.7. The molecule has 0 fully saturated rings. The van der Waals surface area contributed by atoms with Crippen LogP contribution in [0.3, 0.4) is 0 Å². The first-order valence-electron chi connectivity index (χ1n) is 9.48. The van der Waals surface area contributed by atoms with E-state index in [1.807, 2.05) is 39.8 Å². The molecule has 0 saturated carbocycles. The molecule has 5 nitrogen and oxygen atoms in total. The third-order valence-electron chi connectivity index (χ3n) is 5.05. The van der Waals surface area contributed by atoms with E-state index in [0.717, 1.165) is 33.6 Å². The molecule has 1 heterocycles. The van der Waals surface area contributed by atoms with Crippen LogP contribution in [0.15, 0.2) is 48.7 Å². The molecule has 0 bridgehead atoms. The van der Waals surface area contributed by atoms with Gasteiger partial charge in [-0.2, -0.15) is 0 Å². The van der Waals surface area contributed by atoms with Gasteiger partial charge in [0, 0.05) is 23.0 Å². The summed E-state index contributed by atoms with van der Waals surface area (Å²) >= 11 is 0. The minimum Gasteiger partial charge on any atom is -0.496 e. The van der Waals surface area contributed by atoms with Crippen LogP contribution in [0, 0.1) is 27.7 Å². The van der Waals surface area contributed by atoms with Crippen molar-refractivity contribution in [2.45, 2.75) is 34.2 Å². The number of nitrogens with zero attached hydrogens (tertiary/aromatic N) is 2. The molecule has 0 aliphatic carbocycles. The molecule has 0 aliphatic heterocycles. The number of benzene rings is 2. The molecule has 5 heteroatoms. The van der Waals surface area contributed by atoms with Crippen LogP contribution >= 0.6 is 0 Å². The van der Waals surface area contributed by atoms with E-state index in [4.69, 9.17) is 4.74 Å². The molecule has 1 aromatic heterocycles. The Morgan fingerprint density at radius 1 is 1.00 bits per heavy atom. The van der Waals surface area contributed by atoms with Crippen LogP contribution in [0.2, 0.25) is 0 Å². The maximum absolute atomic E-state index is 12.1. The summed E-state index contributed by atoms with van der Waals surface area (Å²) in [6.45, 7) is 7.99. The van der Waals surface area contributed by atoms with Gasteiger partial charge in [0.25, 0.3) is 0 Å². The lowest BCUT2D eigenvalue weighted by Crippen LogP contribution is -2.29. The molecule has 3 aromatic rings. The Morgan fingerprint density at radius 3 is 2.31 bits per heavy atom. The quantitative estimate of drug-likeness (QED) is 0.609. The van der Waals surface area contributed by atoms with Crippen molar-refractivity contribution in [3.05, 3.63) is 76.6 Å². The van der Waals surface area contributed by atoms with Crippen molar-refractivity contribution >= 4 is 11.8 Å². The predicted octanol–water partition coefficient (Wildman–Crippen LogP) is 5.68. The van der Waals surface area contributed by atoms with Gasteiger partial charge in [-0.3, -0.25) is 9.88 Å². The van der Waals surface area contributed by atoms with Crippen molar-refractivity contribution in [3.63, 3.8) is 0 Å². The molecule has 1 N–H and O–H groups in total. The van der Waals surface area contributed by atoms with Gasteiger partial charge in [-0.25, -0.2) is 4.79 Å². The summed E-state index contributed by atoms with van der Waals surface area (Å²) in [5.74, 6) is 0.741. The monoisotopic (exact) mass is 390 g/mol. The first kappa shape index (κ1) is 20.4. The van der Waals surface area contributed by atoms with Gasteiger partial charge >= 0.3 is 6.09 Å². The standard InChI is InChI=1S/C24H26N2O3/c1-15-6-8-19(9-7-15)20-10-16(2)11-21(12-20)26(24(27)28)14-22-18(4)23(29-5)17(3)13-25-22/h6-13H,14H2,1-5H3,(H,27,28). The number of pyridine rings is 1. The topological polar surface area (TPSA) is 62.7 Å². The summed E-state index contributed by atoms with van der Waals surface area (Å²) < 4.78 is 5.46. The van der Waals surface area contributed by atoms with Gasteiger partial charge in [0.1, 0.15) is 5.75 Å². The van der Waals surface area contributed by atoms with Gasteiger partial charge in [-0.1, -0.05) is 35.9 Å². The number of anilines is 1. The molecular weight excluding hydrogens is 364 g/mol. The summed E-state index contributed by atoms with van der Waals surface area (Å²) in [6.07, 6.45) is 0.695.